The zero-order valence-electron chi connectivity index (χ0n) is 17.8. The lowest BCUT2D eigenvalue weighted by Gasteiger charge is -2.09. The topological polar surface area (TPSA) is 81.9 Å². The molecule has 4 aromatic rings. The Hall–Kier alpha value is -3.71. The van der Waals surface area contributed by atoms with Crippen LogP contribution in [-0.2, 0) is 17.9 Å². The molecular weight excluding hydrogens is 438 g/mol. The fraction of sp³-hybridized carbons (Fsp3) is 0.200. The van der Waals surface area contributed by atoms with E-state index in [1.807, 2.05) is 53.3 Å². The van der Waals surface area contributed by atoms with Gasteiger partial charge in [0, 0.05) is 29.4 Å². The summed E-state index contributed by atoms with van der Waals surface area (Å²) >= 11 is 6.07. The quantitative estimate of drug-likeness (QED) is 0.413. The highest BCUT2D eigenvalue weighted by Crippen LogP contribution is 2.48. The third-order valence-electron chi connectivity index (χ3n) is 5.62. The van der Waals surface area contributed by atoms with E-state index < -0.39 is 0 Å². The number of nitrogens with one attached hydrogen (secondary N) is 1. The van der Waals surface area contributed by atoms with Gasteiger partial charge in [-0.25, -0.2) is 0 Å². The minimum atomic E-state index is -0.0879. The van der Waals surface area contributed by atoms with Crippen LogP contribution in [0.25, 0.3) is 0 Å². The first-order valence-corrected chi connectivity index (χ1v) is 11.1. The van der Waals surface area contributed by atoms with E-state index in [2.05, 4.69) is 32.7 Å². The van der Waals surface area contributed by atoms with Crippen molar-refractivity contribution in [2.75, 3.05) is 5.32 Å². The van der Waals surface area contributed by atoms with Crippen LogP contribution >= 0.6 is 11.6 Å². The summed E-state index contributed by atoms with van der Waals surface area (Å²) in [6.45, 7) is 1.12. The minimum Gasteiger partial charge on any atom is -0.487 e. The maximum absolute atomic E-state index is 12.6. The number of hydrogen-bond donors (Lipinski definition) is 1. The average molecular weight is 460 g/mol. The Morgan fingerprint density at radius 3 is 2.76 bits per heavy atom. The van der Waals surface area contributed by atoms with Crippen molar-refractivity contribution >= 4 is 23.3 Å². The Morgan fingerprint density at radius 1 is 1.12 bits per heavy atom. The van der Waals surface area contributed by atoms with Gasteiger partial charge < -0.3 is 10.1 Å². The van der Waals surface area contributed by atoms with Crippen LogP contribution in [-0.4, -0.2) is 25.9 Å². The molecule has 2 atom stereocenters. The molecule has 1 aliphatic carbocycles. The molecule has 7 nitrogen and oxygen atoms in total. The highest BCUT2D eigenvalue weighted by Gasteiger charge is 2.44. The van der Waals surface area contributed by atoms with Crippen molar-refractivity contribution in [2.24, 2.45) is 5.92 Å². The summed E-state index contributed by atoms with van der Waals surface area (Å²) in [4.78, 5) is 12.6. The fourth-order valence-corrected chi connectivity index (χ4v) is 3.99. The Labute approximate surface area is 196 Å². The lowest BCUT2D eigenvalue weighted by Crippen LogP contribution is -2.16. The average Bonchev–Trinajstić information content (AvgIpc) is 3.48. The highest BCUT2D eigenvalue weighted by molar-refractivity contribution is 6.30. The van der Waals surface area contributed by atoms with E-state index in [0.717, 1.165) is 29.7 Å². The molecule has 166 valence electrons. The van der Waals surface area contributed by atoms with Gasteiger partial charge >= 0.3 is 0 Å². The first kappa shape index (κ1) is 21.2. The van der Waals surface area contributed by atoms with Gasteiger partial charge in [0.1, 0.15) is 12.4 Å². The normalized spacial score (nSPS) is 16.9. The predicted octanol–water partition coefficient (Wildman–Crippen LogP) is 4.70. The number of rotatable bonds is 8. The second-order valence-corrected chi connectivity index (χ2v) is 8.51. The van der Waals surface area contributed by atoms with Crippen LogP contribution in [0.3, 0.4) is 0 Å². The number of benzene rings is 2. The summed E-state index contributed by atoms with van der Waals surface area (Å²) in [7, 11) is 0. The maximum atomic E-state index is 12.6. The molecule has 1 unspecified atom stereocenters. The molecule has 1 N–H and O–H groups in total. The van der Waals surface area contributed by atoms with Crippen LogP contribution in [0.2, 0.25) is 5.02 Å². The number of nitrogens with zero attached hydrogens (tertiary/aromatic N) is 4. The summed E-state index contributed by atoms with van der Waals surface area (Å²) in [5.74, 6) is 0.952. The Kier molecular flexibility index (Phi) is 6.04. The zero-order valence-corrected chi connectivity index (χ0v) is 18.5. The lowest BCUT2D eigenvalue weighted by atomic mass is 10.1. The summed E-state index contributed by atoms with van der Waals surface area (Å²) in [6.07, 6.45) is 6.04. The van der Waals surface area contributed by atoms with E-state index in [0.29, 0.717) is 23.2 Å². The van der Waals surface area contributed by atoms with Gasteiger partial charge in [-0.1, -0.05) is 48.0 Å². The fourth-order valence-electron chi connectivity index (χ4n) is 3.79. The maximum Gasteiger partial charge on any atom is 0.229 e. The van der Waals surface area contributed by atoms with Crippen LogP contribution in [0.1, 0.15) is 29.0 Å². The van der Waals surface area contributed by atoms with Crippen molar-refractivity contribution in [1.82, 2.24) is 20.0 Å². The van der Waals surface area contributed by atoms with Crippen LogP contribution in [0.4, 0.5) is 5.82 Å². The Morgan fingerprint density at radius 2 is 1.97 bits per heavy atom. The minimum absolute atomic E-state index is 0.0702. The van der Waals surface area contributed by atoms with E-state index >= 15 is 0 Å². The third-order valence-corrected chi connectivity index (χ3v) is 5.85. The van der Waals surface area contributed by atoms with Gasteiger partial charge in [-0.2, -0.15) is 10.2 Å². The number of carbonyl (C=O) groups is 1. The number of carbonyl (C=O) groups excluding carboxylic acids is 1. The summed E-state index contributed by atoms with van der Waals surface area (Å²) < 4.78 is 7.73. The molecule has 2 heterocycles. The van der Waals surface area contributed by atoms with Crippen molar-refractivity contribution < 1.29 is 9.53 Å². The second kappa shape index (κ2) is 9.42. The zero-order chi connectivity index (χ0) is 22.6. The number of aromatic nitrogens is 4. The largest absolute Gasteiger partial charge is 0.487 e. The number of halogens is 1. The first-order chi connectivity index (χ1) is 16.1. The van der Waals surface area contributed by atoms with E-state index in [-0.39, 0.29) is 17.7 Å². The van der Waals surface area contributed by atoms with E-state index in [4.69, 9.17) is 16.3 Å². The molecule has 0 radical (unpaired) electrons. The van der Waals surface area contributed by atoms with Crippen molar-refractivity contribution in [2.45, 2.75) is 25.5 Å². The molecule has 0 aliphatic heterocycles. The van der Waals surface area contributed by atoms with Gasteiger partial charge in [0.2, 0.25) is 5.91 Å². The van der Waals surface area contributed by atoms with Crippen LogP contribution in [0.5, 0.6) is 5.75 Å². The molecule has 2 aromatic carbocycles. The molecule has 0 bridgehead atoms. The van der Waals surface area contributed by atoms with Crippen molar-refractivity contribution in [3.8, 4) is 5.75 Å². The number of hydrogen-bond acceptors (Lipinski definition) is 5. The van der Waals surface area contributed by atoms with Crippen LogP contribution in [0, 0.1) is 5.92 Å². The highest BCUT2D eigenvalue weighted by atomic mass is 35.5. The van der Waals surface area contributed by atoms with Gasteiger partial charge in [-0.05, 0) is 47.2 Å². The molecule has 1 amide bonds. The smallest absolute Gasteiger partial charge is 0.229 e. The first-order valence-electron chi connectivity index (χ1n) is 10.7. The SMILES string of the molecule is O=C(Nc1cc(OCc2ccc(Cn3cccn3)cc2)cnn1)C1C[C@@H]1c1cccc(Cl)c1. The van der Waals surface area contributed by atoms with E-state index in [9.17, 15) is 4.79 Å². The standard InChI is InChI=1S/C25H22ClN5O2/c26-20-4-1-3-19(11-20)22-13-23(22)25(32)29-24-12-21(14-27-30-24)33-16-18-7-5-17(6-8-18)15-31-10-2-9-28-31/h1-12,14,22-23H,13,15-16H2,(H,29,30,32)/t22-,23?/m1/s1. The van der Waals surface area contributed by atoms with Crippen LogP contribution in [0.15, 0.2) is 79.3 Å². The molecule has 2 aromatic heterocycles. The Balaban J connectivity index is 1.14. The van der Waals surface area contributed by atoms with Crippen LogP contribution < -0.4 is 10.1 Å². The molecule has 8 heteroatoms. The number of anilines is 1. The predicted molar refractivity (Wildman–Crippen MR) is 125 cm³/mol. The molecular formula is C25H22ClN5O2. The number of amides is 1. The molecule has 1 saturated carbocycles. The second-order valence-electron chi connectivity index (χ2n) is 8.08. The van der Waals surface area contributed by atoms with E-state index in [1.54, 1.807) is 12.3 Å². The van der Waals surface area contributed by atoms with Crippen molar-refractivity contribution in [3.05, 3.63) is 101 Å². The molecule has 1 fully saturated rings. The number of ether oxygens (including phenoxy) is 1. The van der Waals surface area contributed by atoms with Gasteiger partial charge in [-0.3, -0.25) is 9.48 Å². The summed E-state index contributed by atoms with van der Waals surface area (Å²) in [6, 6.07) is 19.4. The molecule has 33 heavy (non-hydrogen) atoms. The molecule has 0 saturated heterocycles. The Bertz CT molecular complexity index is 1240. The van der Waals surface area contributed by atoms with Crippen molar-refractivity contribution in [3.63, 3.8) is 0 Å². The molecule has 5 rings (SSSR count). The van der Waals surface area contributed by atoms with E-state index in [1.165, 1.54) is 6.20 Å². The summed E-state index contributed by atoms with van der Waals surface area (Å²) in [5, 5.41) is 15.7. The van der Waals surface area contributed by atoms with Gasteiger partial charge in [0.25, 0.3) is 0 Å². The molecule has 1 aliphatic rings. The monoisotopic (exact) mass is 459 g/mol. The lowest BCUT2D eigenvalue weighted by molar-refractivity contribution is -0.117. The summed E-state index contributed by atoms with van der Waals surface area (Å²) in [5.41, 5.74) is 3.28. The molecule has 0 spiro atoms. The van der Waals surface area contributed by atoms with Crippen molar-refractivity contribution in [1.29, 1.82) is 0 Å². The van der Waals surface area contributed by atoms with Gasteiger partial charge in [-0.15, -0.1) is 5.10 Å². The van der Waals surface area contributed by atoms with Gasteiger partial charge in [0.05, 0.1) is 12.7 Å². The van der Waals surface area contributed by atoms with Gasteiger partial charge in [0.15, 0.2) is 5.82 Å². The third kappa shape index (κ3) is 5.38.